The summed E-state index contributed by atoms with van der Waals surface area (Å²) in [6, 6.07) is 0.660. The zero-order chi connectivity index (χ0) is 10.6. The quantitative estimate of drug-likeness (QED) is 0.745. The highest BCUT2D eigenvalue weighted by Crippen LogP contribution is 2.26. The molecular formula is C12H26N2. The lowest BCUT2D eigenvalue weighted by atomic mass is 9.87. The molecule has 2 heteroatoms. The van der Waals surface area contributed by atoms with Gasteiger partial charge in [0.2, 0.25) is 0 Å². The zero-order valence-corrected chi connectivity index (χ0v) is 10.3. The summed E-state index contributed by atoms with van der Waals surface area (Å²) in [5.41, 5.74) is 0.433. The third-order valence-electron chi connectivity index (χ3n) is 3.75. The van der Waals surface area contributed by atoms with Gasteiger partial charge in [-0.3, -0.25) is 4.90 Å². The van der Waals surface area contributed by atoms with Crippen molar-refractivity contribution < 1.29 is 0 Å². The van der Waals surface area contributed by atoms with Crippen LogP contribution in [0.3, 0.4) is 0 Å². The van der Waals surface area contributed by atoms with Crippen molar-refractivity contribution in [3.8, 4) is 0 Å². The molecule has 1 fully saturated rings. The predicted molar refractivity (Wildman–Crippen MR) is 62.6 cm³/mol. The smallest absolute Gasteiger partial charge is 0.0329 e. The summed E-state index contributed by atoms with van der Waals surface area (Å²) in [6.45, 7) is 12.9. The summed E-state index contributed by atoms with van der Waals surface area (Å²) in [4.78, 5) is 2.70. The highest BCUT2D eigenvalue weighted by atomic mass is 15.3. The molecule has 0 aromatic heterocycles. The minimum absolute atomic E-state index is 0.433. The van der Waals surface area contributed by atoms with Gasteiger partial charge in [0.1, 0.15) is 0 Å². The second kappa shape index (κ2) is 5.13. The van der Waals surface area contributed by atoms with Crippen LogP contribution in [0.2, 0.25) is 0 Å². The van der Waals surface area contributed by atoms with Crippen LogP contribution in [0.1, 0.15) is 47.0 Å². The first-order valence-electron chi connectivity index (χ1n) is 6.17. The molecule has 0 aliphatic carbocycles. The average Bonchev–Trinajstić information content (AvgIpc) is 2.20. The highest BCUT2D eigenvalue weighted by molar-refractivity contribution is 4.96. The van der Waals surface area contributed by atoms with Crippen LogP contribution in [0.4, 0.5) is 0 Å². The molecule has 1 rings (SSSR count). The largest absolute Gasteiger partial charge is 0.311 e. The minimum Gasteiger partial charge on any atom is -0.311 e. The van der Waals surface area contributed by atoms with Crippen LogP contribution in [0, 0.1) is 0 Å². The van der Waals surface area contributed by atoms with E-state index in [9.17, 15) is 0 Å². The summed E-state index contributed by atoms with van der Waals surface area (Å²) in [7, 11) is 0. The van der Waals surface area contributed by atoms with E-state index in [4.69, 9.17) is 0 Å². The topological polar surface area (TPSA) is 15.3 Å². The first kappa shape index (κ1) is 12.0. The van der Waals surface area contributed by atoms with E-state index in [2.05, 4.69) is 37.9 Å². The molecule has 1 N–H and O–H groups in total. The third kappa shape index (κ3) is 2.29. The van der Waals surface area contributed by atoms with Crippen molar-refractivity contribution in [3.63, 3.8) is 0 Å². The maximum atomic E-state index is 3.62. The van der Waals surface area contributed by atoms with Crippen molar-refractivity contribution in [2.75, 3.05) is 19.6 Å². The van der Waals surface area contributed by atoms with Gasteiger partial charge in [0.25, 0.3) is 0 Å². The molecule has 1 heterocycles. The van der Waals surface area contributed by atoms with E-state index in [1.165, 1.54) is 38.9 Å². The van der Waals surface area contributed by atoms with E-state index < -0.39 is 0 Å². The molecule has 0 bridgehead atoms. The van der Waals surface area contributed by atoms with Gasteiger partial charge in [-0.25, -0.2) is 0 Å². The number of hydrogen-bond donors (Lipinski definition) is 1. The average molecular weight is 198 g/mol. The van der Waals surface area contributed by atoms with Gasteiger partial charge in [-0.2, -0.15) is 0 Å². The number of piperazine rings is 1. The zero-order valence-electron chi connectivity index (χ0n) is 10.3. The Balaban J connectivity index is 2.69. The summed E-state index contributed by atoms with van der Waals surface area (Å²) in [5.74, 6) is 0. The van der Waals surface area contributed by atoms with Crippen LogP contribution in [-0.2, 0) is 0 Å². The van der Waals surface area contributed by atoms with E-state index in [-0.39, 0.29) is 0 Å². The Hall–Kier alpha value is -0.0800. The fourth-order valence-corrected chi connectivity index (χ4v) is 2.61. The van der Waals surface area contributed by atoms with Crippen molar-refractivity contribution in [2.45, 2.75) is 58.5 Å². The van der Waals surface area contributed by atoms with E-state index in [0.29, 0.717) is 11.6 Å². The summed E-state index contributed by atoms with van der Waals surface area (Å²) in [5, 5.41) is 3.62. The summed E-state index contributed by atoms with van der Waals surface area (Å²) < 4.78 is 0. The van der Waals surface area contributed by atoms with E-state index in [0.717, 1.165) is 0 Å². The van der Waals surface area contributed by atoms with Crippen LogP contribution >= 0.6 is 0 Å². The van der Waals surface area contributed by atoms with Crippen molar-refractivity contribution in [1.29, 1.82) is 0 Å². The molecule has 1 unspecified atom stereocenters. The Morgan fingerprint density at radius 2 is 1.93 bits per heavy atom. The van der Waals surface area contributed by atoms with Gasteiger partial charge in [-0.1, -0.05) is 20.8 Å². The molecule has 1 saturated heterocycles. The van der Waals surface area contributed by atoms with E-state index >= 15 is 0 Å². The lowest BCUT2D eigenvalue weighted by Crippen LogP contribution is -2.63. The first-order valence-corrected chi connectivity index (χ1v) is 6.17. The van der Waals surface area contributed by atoms with Crippen LogP contribution in [0.25, 0.3) is 0 Å². The van der Waals surface area contributed by atoms with Gasteiger partial charge < -0.3 is 5.32 Å². The molecule has 0 radical (unpaired) electrons. The summed E-state index contributed by atoms with van der Waals surface area (Å²) in [6.07, 6.45) is 3.81. The standard InChI is InChI=1S/C12H26N2/c1-5-8-14-9-11(4)13-10-12(14,6-2)7-3/h11,13H,5-10H2,1-4H3. The fourth-order valence-electron chi connectivity index (χ4n) is 2.61. The lowest BCUT2D eigenvalue weighted by Gasteiger charge is -2.49. The molecule has 1 aliphatic heterocycles. The molecule has 1 atom stereocenters. The predicted octanol–water partition coefficient (Wildman–Crippen LogP) is 2.25. The monoisotopic (exact) mass is 198 g/mol. The molecule has 14 heavy (non-hydrogen) atoms. The molecule has 84 valence electrons. The number of nitrogens with zero attached hydrogens (tertiary/aromatic N) is 1. The number of nitrogens with one attached hydrogen (secondary N) is 1. The minimum atomic E-state index is 0.433. The van der Waals surface area contributed by atoms with Gasteiger partial charge in [-0.05, 0) is 32.7 Å². The van der Waals surface area contributed by atoms with Gasteiger partial charge in [0.05, 0.1) is 0 Å². The Morgan fingerprint density at radius 3 is 2.43 bits per heavy atom. The molecule has 0 saturated carbocycles. The molecule has 0 aromatic carbocycles. The van der Waals surface area contributed by atoms with E-state index in [1.807, 2.05) is 0 Å². The second-order valence-corrected chi connectivity index (χ2v) is 4.66. The van der Waals surface area contributed by atoms with Crippen molar-refractivity contribution in [2.24, 2.45) is 0 Å². The van der Waals surface area contributed by atoms with Crippen LogP contribution in [0.5, 0.6) is 0 Å². The Bertz CT molecular complexity index is 164. The molecule has 0 aromatic rings. The SMILES string of the molecule is CCCN1CC(C)NCC1(CC)CC. The first-order chi connectivity index (χ1) is 6.68. The lowest BCUT2D eigenvalue weighted by molar-refractivity contribution is 0.0352. The summed E-state index contributed by atoms with van der Waals surface area (Å²) >= 11 is 0. The van der Waals surface area contributed by atoms with Gasteiger partial charge in [0, 0.05) is 24.7 Å². The van der Waals surface area contributed by atoms with Crippen molar-refractivity contribution in [1.82, 2.24) is 10.2 Å². The maximum Gasteiger partial charge on any atom is 0.0329 e. The molecular weight excluding hydrogens is 172 g/mol. The Morgan fingerprint density at radius 1 is 1.29 bits per heavy atom. The molecule has 0 amide bonds. The molecule has 1 aliphatic rings. The third-order valence-corrected chi connectivity index (χ3v) is 3.75. The Labute approximate surface area is 89.1 Å². The number of rotatable bonds is 4. The van der Waals surface area contributed by atoms with Crippen LogP contribution in [-0.4, -0.2) is 36.1 Å². The van der Waals surface area contributed by atoms with Crippen molar-refractivity contribution >= 4 is 0 Å². The maximum absolute atomic E-state index is 3.62. The highest BCUT2D eigenvalue weighted by Gasteiger charge is 2.36. The van der Waals surface area contributed by atoms with Crippen LogP contribution in [0.15, 0.2) is 0 Å². The number of hydrogen-bond acceptors (Lipinski definition) is 2. The molecule has 0 spiro atoms. The molecule has 2 nitrogen and oxygen atoms in total. The van der Waals surface area contributed by atoms with Gasteiger partial charge in [0.15, 0.2) is 0 Å². The van der Waals surface area contributed by atoms with E-state index in [1.54, 1.807) is 0 Å². The Kier molecular flexibility index (Phi) is 4.39. The van der Waals surface area contributed by atoms with Crippen molar-refractivity contribution in [3.05, 3.63) is 0 Å². The fraction of sp³-hybridized carbons (Fsp3) is 1.00. The second-order valence-electron chi connectivity index (χ2n) is 4.66. The normalized spacial score (nSPS) is 27.9. The van der Waals surface area contributed by atoms with Gasteiger partial charge >= 0.3 is 0 Å². The van der Waals surface area contributed by atoms with Crippen LogP contribution < -0.4 is 5.32 Å². The van der Waals surface area contributed by atoms with Gasteiger partial charge in [-0.15, -0.1) is 0 Å².